The van der Waals surface area contributed by atoms with Crippen LogP contribution in [-0.2, 0) is 6.54 Å². The molecular formula is C14H22BrClN2. The SMILES string of the molecule is CCN(CC)CCCNCc1cc(Cl)ccc1Br. The maximum atomic E-state index is 5.98. The van der Waals surface area contributed by atoms with Gasteiger partial charge in [-0.2, -0.15) is 0 Å². The van der Waals surface area contributed by atoms with Crippen LogP contribution in [0.3, 0.4) is 0 Å². The van der Waals surface area contributed by atoms with E-state index in [1.807, 2.05) is 18.2 Å². The van der Waals surface area contributed by atoms with Gasteiger partial charge >= 0.3 is 0 Å². The average Bonchev–Trinajstić information content (AvgIpc) is 2.38. The second-order valence-corrected chi connectivity index (χ2v) is 5.58. The Morgan fingerprint density at radius 1 is 1.28 bits per heavy atom. The minimum atomic E-state index is 0.790. The Morgan fingerprint density at radius 2 is 2.00 bits per heavy atom. The summed E-state index contributed by atoms with van der Waals surface area (Å²) in [6, 6.07) is 5.90. The molecule has 0 bridgehead atoms. The molecule has 0 aliphatic rings. The summed E-state index contributed by atoms with van der Waals surface area (Å²) in [6.45, 7) is 9.75. The molecule has 1 aromatic carbocycles. The molecule has 0 aliphatic heterocycles. The van der Waals surface area contributed by atoms with E-state index in [0.717, 1.165) is 42.2 Å². The van der Waals surface area contributed by atoms with Gasteiger partial charge < -0.3 is 10.2 Å². The summed E-state index contributed by atoms with van der Waals surface area (Å²) in [7, 11) is 0. The molecule has 0 spiro atoms. The molecule has 18 heavy (non-hydrogen) atoms. The van der Waals surface area contributed by atoms with Gasteiger partial charge in [0.05, 0.1) is 0 Å². The molecule has 2 nitrogen and oxygen atoms in total. The summed E-state index contributed by atoms with van der Waals surface area (Å²) in [5, 5.41) is 4.25. The third-order valence-electron chi connectivity index (χ3n) is 3.05. The van der Waals surface area contributed by atoms with E-state index < -0.39 is 0 Å². The fourth-order valence-electron chi connectivity index (χ4n) is 1.87. The van der Waals surface area contributed by atoms with Gasteiger partial charge in [-0.3, -0.25) is 0 Å². The summed E-state index contributed by atoms with van der Waals surface area (Å²) in [5.74, 6) is 0. The predicted octanol–water partition coefficient (Wildman–Crippen LogP) is 3.92. The second kappa shape index (κ2) is 8.92. The topological polar surface area (TPSA) is 15.3 Å². The maximum absolute atomic E-state index is 5.98. The fraction of sp³-hybridized carbons (Fsp3) is 0.571. The summed E-state index contributed by atoms with van der Waals surface area (Å²) in [4.78, 5) is 2.44. The molecule has 0 saturated heterocycles. The molecule has 0 unspecified atom stereocenters. The van der Waals surface area contributed by atoms with Gasteiger partial charge in [0.25, 0.3) is 0 Å². The molecule has 0 amide bonds. The lowest BCUT2D eigenvalue weighted by Crippen LogP contribution is -2.27. The van der Waals surface area contributed by atoms with Crippen LogP contribution >= 0.6 is 27.5 Å². The van der Waals surface area contributed by atoms with Crippen LogP contribution in [0, 0.1) is 0 Å². The van der Waals surface area contributed by atoms with Crippen molar-refractivity contribution < 1.29 is 0 Å². The van der Waals surface area contributed by atoms with Gasteiger partial charge in [-0.1, -0.05) is 41.4 Å². The van der Waals surface area contributed by atoms with Crippen LogP contribution < -0.4 is 5.32 Å². The third kappa shape index (κ3) is 5.70. The largest absolute Gasteiger partial charge is 0.313 e. The van der Waals surface area contributed by atoms with E-state index >= 15 is 0 Å². The lowest BCUT2D eigenvalue weighted by Gasteiger charge is -2.17. The van der Waals surface area contributed by atoms with Crippen molar-refractivity contribution in [2.45, 2.75) is 26.8 Å². The van der Waals surface area contributed by atoms with E-state index in [1.54, 1.807) is 0 Å². The van der Waals surface area contributed by atoms with Crippen molar-refractivity contribution in [3.8, 4) is 0 Å². The highest BCUT2D eigenvalue weighted by Gasteiger charge is 2.01. The number of rotatable bonds is 8. The Balaban J connectivity index is 2.23. The van der Waals surface area contributed by atoms with Crippen LogP contribution in [0.4, 0.5) is 0 Å². The van der Waals surface area contributed by atoms with Crippen molar-refractivity contribution in [2.75, 3.05) is 26.2 Å². The highest BCUT2D eigenvalue weighted by Crippen LogP contribution is 2.20. The van der Waals surface area contributed by atoms with Crippen molar-refractivity contribution in [2.24, 2.45) is 0 Å². The fourth-order valence-corrected chi connectivity index (χ4v) is 2.45. The molecule has 102 valence electrons. The minimum Gasteiger partial charge on any atom is -0.313 e. The molecule has 1 aromatic rings. The number of hydrogen-bond donors (Lipinski definition) is 1. The van der Waals surface area contributed by atoms with E-state index in [9.17, 15) is 0 Å². The van der Waals surface area contributed by atoms with Gasteiger partial charge in [-0.15, -0.1) is 0 Å². The Kier molecular flexibility index (Phi) is 7.91. The molecular weight excluding hydrogens is 312 g/mol. The van der Waals surface area contributed by atoms with Gasteiger partial charge in [0.1, 0.15) is 0 Å². The van der Waals surface area contributed by atoms with Crippen molar-refractivity contribution >= 4 is 27.5 Å². The second-order valence-electron chi connectivity index (χ2n) is 4.29. The van der Waals surface area contributed by atoms with Crippen molar-refractivity contribution in [1.29, 1.82) is 0 Å². The first-order valence-corrected chi connectivity index (χ1v) is 7.71. The van der Waals surface area contributed by atoms with Crippen molar-refractivity contribution in [1.82, 2.24) is 10.2 Å². The van der Waals surface area contributed by atoms with E-state index in [4.69, 9.17) is 11.6 Å². The number of nitrogens with one attached hydrogen (secondary N) is 1. The third-order valence-corrected chi connectivity index (χ3v) is 4.05. The van der Waals surface area contributed by atoms with Crippen LogP contribution in [-0.4, -0.2) is 31.1 Å². The van der Waals surface area contributed by atoms with Gasteiger partial charge in [0.15, 0.2) is 0 Å². The smallest absolute Gasteiger partial charge is 0.0410 e. The summed E-state index contributed by atoms with van der Waals surface area (Å²) < 4.78 is 1.11. The molecule has 0 aliphatic carbocycles. The molecule has 1 N–H and O–H groups in total. The normalized spacial score (nSPS) is 11.2. The number of nitrogens with zero attached hydrogens (tertiary/aromatic N) is 1. The number of benzene rings is 1. The van der Waals surface area contributed by atoms with Gasteiger partial charge in [-0.05, 0) is 56.4 Å². The quantitative estimate of drug-likeness (QED) is 0.725. The molecule has 1 rings (SSSR count). The standard InChI is InChI=1S/C14H22BrClN2/c1-3-18(4-2)9-5-8-17-11-12-10-13(16)6-7-14(12)15/h6-7,10,17H,3-5,8-9,11H2,1-2H3. The molecule has 0 saturated carbocycles. The van der Waals surface area contributed by atoms with Crippen molar-refractivity contribution in [3.63, 3.8) is 0 Å². The summed E-state index contributed by atoms with van der Waals surface area (Å²) >= 11 is 9.52. The zero-order valence-electron chi connectivity index (χ0n) is 11.2. The zero-order chi connectivity index (χ0) is 13.4. The van der Waals surface area contributed by atoms with E-state index in [0.29, 0.717) is 0 Å². The first-order chi connectivity index (χ1) is 8.67. The first-order valence-electron chi connectivity index (χ1n) is 6.54. The van der Waals surface area contributed by atoms with Crippen molar-refractivity contribution in [3.05, 3.63) is 33.3 Å². The van der Waals surface area contributed by atoms with Crippen LogP contribution in [0.2, 0.25) is 5.02 Å². The maximum Gasteiger partial charge on any atom is 0.0410 e. The first kappa shape index (κ1) is 16.0. The van der Waals surface area contributed by atoms with Crippen LogP contribution in [0.1, 0.15) is 25.8 Å². The van der Waals surface area contributed by atoms with E-state index in [1.165, 1.54) is 12.0 Å². The Morgan fingerprint density at radius 3 is 2.67 bits per heavy atom. The van der Waals surface area contributed by atoms with Crippen LogP contribution in [0.5, 0.6) is 0 Å². The molecule has 0 radical (unpaired) electrons. The average molecular weight is 334 g/mol. The molecule has 4 heteroatoms. The van der Waals surface area contributed by atoms with E-state index in [-0.39, 0.29) is 0 Å². The highest BCUT2D eigenvalue weighted by molar-refractivity contribution is 9.10. The minimum absolute atomic E-state index is 0.790. The summed E-state index contributed by atoms with van der Waals surface area (Å²) in [5.41, 5.74) is 1.21. The highest BCUT2D eigenvalue weighted by atomic mass is 79.9. The Labute approximate surface area is 124 Å². The number of hydrogen-bond acceptors (Lipinski definition) is 2. The molecule has 0 fully saturated rings. The predicted molar refractivity (Wildman–Crippen MR) is 83.3 cm³/mol. The zero-order valence-corrected chi connectivity index (χ0v) is 13.5. The molecule has 0 atom stereocenters. The lowest BCUT2D eigenvalue weighted by molar-refractivity contribution is 0.298. The van der Waals surface area contributed by atoms with Gasteiger partial charge in [0.2, 0.25) is 0 Å². The lowest BCUT2D eigenvalue weighted by atomic mass is 10.2. The number of halogens is 2. The van der Waals surface area contributed by atoms with Crippen LogP contribution in [0.25, 0.3) is 0 Å². The van der Waals surface area contributed by atoms with Gasteiger partial charge in [-0.25, -0.2) is 0 Å². The van der Waals surface area contributed by atoms with Crippen LogP contribution in [0.15, 0.2) is 22.7 Å². The Bertz CT molecular complexity index is 354. The summed E-state index contributed by atoms with van der Waals surface area (Å²) in [6.07, 6.45) is 1.18. The van der Waals surface area contributed by atoms with E-state index in [2.05, 4.69) is 40.0 Å². The molecule has 0 aromatic heterocycles. The Hall–Kier alpha value is -0.0900. The van der Waals surface area contributed by atoms with Gasteiger partial charge in [0, 0.05) is 16.0 Å². The monoisotopic (exact) mass is 332 g/mol. The molecule has 0 heterocycles.